The maximum absolute atomic E-state index is 6.13. The predicted molar refractivity (Wildman–Crippen MR) is 69.7 cm³/mol. The van der Waals surface area contributed by atoms with Crippen LogP contribution in [-0.4, -0.2) is 10.2 Å². The van der Waals surface area contributed by atoms with Gasteiger partial charge in [-0.2, -0.15) is 0 Å². The molecule has 0 saturated carbocycles. The summed E-state index contributed by atoms with van der Waals surface area (Å²) >= 11 is 0. The zero-order chi connectivity index (χ0) is 13.2. The van der Waals surface area contributed by atoms with Crippen molar-refractivity contribution in [2.75, 3.05) is 0 Å². The van der Waals surface area contributed by atoms with Crippen molar-refractivity contribution in [3.8, 4) is 5.75 Å². The van der Waals surface area contributed by atoms with E-state index in [0.29, 0.717) is 18.4 Å². The predicted octanol–water partition coefficient (Wildman–Crippen LogP) is 2.29. The van der Waals surface area contributed by atoms with Gasteiger partial charge in [0.15, 0.2) is 6.61 Å². The second-order valence-corrected chi connectivity index (χ2v) is 4.83. The highest BCUT2D eigenvalue weighted by atomic mass is 16.5. The number of nitrogens with two attached hydrogens (primary N) is 1. The molecule has 19 heavy (non-hydrogen) atoms. The van der Waals surface area contributed by atoms with Gasteiger partial charge in [-0.25, -0.2) is 0 Å². The first-order valence-corrected chi connectivity index (χ1v) is 6.53. The molecule has 1 aliphatic rings. The van der Waals surface area contributed by atoms with E-state index in [0.717, 1.165) is 25.0 Å². The number of hydrogen-bond donors (Lipinski definition) is 1. The Balaban J connectivity index is 1.79. The van der Waals surface area contributed by atoms with Crippen molar-refractivity contribution in [3.63, 3.8) is 0 Å². The molecule has 2 N–H and O–H groups in total. The molecule has 1 aromatic heterocycles. The number of hydrogen-bond acceptors (Lipinski definition) is 5. The molecule has 100 valence electrons. The summed E-state index contributed by atoms with van der Waals surface area (Å²) in [5.74, 6) is 1.93. The van der Waals surface area contributed by atoms with Crippen LogP contribution in [0, 0.1) is 6.92 Å². The van der Waals surface area contributed by atoms with E-state index in [-0.39, 0.29) is 6.04 Å². The van der Waals surface area contributed by atoms with Crippen molar-refractivity contribution >= 4 is 0 Å². The Hall–Kier alpha value is -1.88. The average Bonchev–Trinajstić information content (AvgIpc) is 2.83. The molecule has 0 fully saturated rings. The van der Waals surface area contributed by atoms with E-state index < -0.39 is 0 Å². The van der Waals surface area contributed by atoms with E-state index in [9.17, 15) is 0 Å². The van der Waals surface area contributed by atoms with Crippen LogP contribution in [0.25, 0.3) is 0 Å². The third-order valence-electron chi connectivity index (χ3n) is 3.43. The molecule has 5 nitrogen and oxygen atoms in total. The van der Waals surface area contributed by atoms with Gasteiger partial charge in [-0.15, -0.1) is 10.2 Å². The van der Waals surface area contributed by atoms with Crippen LogP contribution < -0.4 is 10.5 Å². The first-order chi connectivity index (χ1) is 9.24. The molecule has 1 atom stereocenters. The molecule has 2 aromatic rings. The average molecular weight is 259 g/mol. The van der Waals surface area contributed by atoms with Gasteiger partial charge in [0.1, 0.15) is 5.75 Å². The van der Waals surface area contributed by atoms with E-state index >= 15 is 0 Å². The molecule has 0 saturated heterocycles. The zero-order valence-electron chi connectivity index (χ0n) is 10.9. The van der Waals surface area contributed by atoms with Crippen LogP contribution in [0.15, 0.2) is 22.6 Å². The quantitative estimate of drug-likeness (QED) is 0.915. The highest BCUT2D eigenvalue weighted by molar-refractivity contribution is 5.43. The van der Waals surface area contributed by atoms with E-state index in [1.54, 1.807) is 6.92 Å². The Morgan fingerprint density at radius 3 is 3.11 bits per heavy atom. The topological polar surface area (TPSA) is 74.2 Å². The van der Waals surface area contributed by atoms with Crippen molar-refractivity contribution in [3.05, 3.63) is 41.1 Å². The smallest absolute Gasteiger partial charge is 0.253 e. The second kappa shape index (κ2) is 5.01. The van der Waals surface area contributed by atoms with Gasteiger partial charge in [-0.3, -0.25) is 0 Å². The lowest BCUT2D eigenvalue weighted by atomic mass is 9.88. The summed E-state index contributed by atoms with van der Waals surface area (Å²) in [6.45, 7) is 2.06. The number of nitrogens with zero attached hydrogens (tertiary/aromatic N) is 2. The standard InChI is InChI=1S/C14H17N3O2/c1-9-16-17-14(19-9)8-18-13-7-3-4-10-11(13)5-2-6-12(10)15/h3-4,7,12H,2,5-6,8,15H2,1H3. The third kappa shape index (κ3) is 2.46. The summed E-state index contributed by atoms with van der Waals surface area (Å²) in [7, 11) is 0. The summed E-state index contributed by atoms with van der Waals surface area (Å²) in [6, 6.07) is 6.17. The number of fused-ring (bicyclic) bond motifs is 1. The van der Waals surface area contributed by atoms with Crippen LogP contribution in [0.3, 0.4) is 0 Å². The SMILES string of the molecule is Cc1nnc(COc2cccc3c2CCCC3N)o1. The Morgan fingerprint density at radius 2 is 2.32 bits per heavy atom. The first-order valence-electron chi connectivity index (χ1n) is 6.53. The molecule has 0 radical (unpaired) electrons. The summed E-state index contributed by atoms with van der Waals surface area (Å²) < 4.78 is 11.1. The molecule has 1 aromatic carbocycles. The van der Waals surface area contributed by atoms with Gasteiger partial charge >= 0.3 is 0 Å². The molecular weight excluding hydrogens is 242 g/mol. The van der Waals surface area contributed by atoms with Crippen molar-refractivity contribution in [1.29, 1.82) is 0 Å². The number of aryl methyl sites for hydroxylation is 1. The maximum atomic E-state index is 6.13. The largest absolute Gasteiger partial charge is 0.484 e. The van der Waals surface area contributed by atoms with Crippen molar-refractivity contribution in [2.24, 2.45) is 5.73 Å². The van der Waals surface area contributed by atoms with E-state index in [1.807, 2.05) is 12.1 Å². The lowest BCUT2D eigenvalue weighted by molar-refractivity contribution is 0.256. The third-order valence-corrected chi connectivity index (χ3v) is 3.43. The summed E-state index contributed by atoms with van der Waals surface area (Å²) in [6.07, 6.45) is 3.16. The fourth-order valence-electron chi connectivity index (χ4n) is 2.52. The Kier molecular flexibility index (Phi) is 3.21. The monoisotopic (exact) mass is 259 g/mol. The molecule has 1 heterocycles. The normalized spacial score (nSPS) is 18.1. The van der Waals surface area contributed by atoms with Gasteiger partial charge in [0.05, 0.1) is 0 Å². The highest BCUT2D eigenvalue weighted by Gasteiger charge is 2.20. The maximum Gasteiger partial charge on any atom is 0.253 e. The van der Waals surface area contributed by atoms with Crippen molar-refractivity contribution in [2.45, 2.75) is 38.8 Å². The Morgan fingerprint density at radius 1 is 1.42 bits per heavy atom. The van der Waals surface area contributed by atoms with E-state index in [4.69, 9.17) is 14.9 Å². The lowest BCUT2D eigenvalue weighted by Crippen LogP contribution is -2.18. The molecule has 0 amide bonds. The molecule has 0 aliphatic heterocycles. The van der Waals surface area contributed by atoms with Crippen LogP contribution in [0.4, 0.5) is 0 Å². The zero-order valence-corrected chi connectivity index (χ0v) is 10.9. The fourth-order valence-corrected chi connectivity index (χ4v) is 2.52. The number of aromatic nitrogens is 2. The molecule has 3 rings (SSSR count). The van der Waals surface area contributed by atoms with Gasteiger partial charge in [-0.05, 0) is 36.5 Å². The highest BCUT2D eigenvalue weighted by Crippen LogP contribution is 2.34. The van der Waals surface area contributed by atoms with Crippen LogP contribution in [0.2, 0.25) is 0 Å². The minimum absolute atomic E-state index is 0.123. The van der Waals surface area contributed by atoms with Gasteiger partial charge in [0.2, 0.25) is 5.89 Å². The van der Waals surface area contributed by atoms with E-state index in [1.165, 1.54) is 11.1 Å². The van der Waals surface area contributed by atoms with Gasteiger partial charge in [0, 0.05) is 13.0 Å². The van der Waals surface area contributed by atoms with E-state index in [2.05, 4.69) is 16.3 Å². The molecule has 1 unspecified atom stereocenters. The van der Waals surface area contributed by atoms with Gasteiger partial charge < -0.3 is 14.9 Å². The molecule has 5 heteroatoms. The summed E-state index contributed by atoms with van der Waals surface area (Å²) in [5, 5.41) is 7.70. The molecule has 1 aliphatic carbocycles. The van der Waals surface area contributed by atoms with Gasteiger partial charge in [-0.1, -0.05) is 12.1 Å². The van der Waals surface area contributed by atoms with Crippen LogP contribution in [-0.2, 0) is 13.0 Å². The Labute approximate surface area is 111 Å². The molecule has 0 bridgehead atoms. The fraction of sp³-hybridized carbons (Fsp3) is 0.429. The second-order valence-electron chi connectivity index (χ2n) is 4.83. The molecule has 0 spiro atoms. The minimum Gasteiger partial charge on any atom is -0.484 e. The number of ether oxygens (including phenoxy) is 1. The first kappa shape index (κ1) is 12.2. The minimum atomic E-state index is 0.123. The number of benzene rings is 1. The van der Waals surface area contributed by atoms with Crippen LogP contribution in [0.5, 0.6) is 5.75 Å². The van der Waals surface area contributed by atoms with Crippen LogP contribution in [0.1, 0.15) is 41.8 Å². The van der Waals surface area contributed by atoms with Crippen molar-refractivity contribution in [1.82, 2.24) is 10.2 Å². The van der Waals surface area contributed by atoms with Gasteiger partial charge in [0.25, 0.3) is 5.89 Å². The Bertz CT molecular complexity index is 580. The van der Waals surface area contributed by atoms with Crippen molar-refractivity contribution < 1.29 is 9.15 Å². The lowest BCUT2D eigenvalue weighted by Gasteiger charge is -2.24. The van der Waals surface area contributed by atoms with Crippen LogP contribution >= 0.6 is 0 Å². The summed E-state index contributed by atoms with van der Waals surface area (Å²) in [4.78, 5) is 0. The molecular formula is C14H17N3O2. The summed E-state index contributed by atoms with van der Waals surface area (Å²) in [5.41, 5.74) is 8.55. The number of rotatable bonds is 3.